The first-order chi connectivity index (χ1) is 9.88. The highest BCUT2D eigenvalue weighted by Gasteiger charge is 2.17. The first kappa shape index (κ1) is 14.9. The number of nitro groups is 1. The number of aromatic hydroxyl groups is 1. The summed E-state index contributed by atoms with van der Waals surface area (Å²) in [4.78, 5) is 13.7. The van der Waals surface area contributed by atoms with Crippen LogP contribution in [0.3, 0.4) is 0 Å². The summed E-state index contributed by atoms with van der Waals surface area (Å²) < 4.78 is 25.8. The molecular formula is C13H7ClF2N2O3. The Morgan fingerprint density at radius 2 is 1.95 bits per heavy atom. The van der Waals surface area contributed by atoms with Crippen molar-refractivity contribution in [2.24, 2.45) is 4.99 Å². The second-order valence-electron chi connectivity index (χ2n) is 3.98. The van der Waals surface area contributed by atoms with Gasteiger partial charge in [0.05, 0.1) is 10.6 Å². The van der Waals surface area contributed by atoms with E-state index in [0.29, 0.717) is 0 Å². The summed E-state index contributed by atoms with van der Waals surface area (Å²) in [5.41, 5.74) is -0.510. The lowest BCUT2D eigenvalue weighted by Crippen LogP contribution is -1.92. The Balaban J connectivity index is 2.41. The van der Waals surface area contributed by atoms with Crippen LogP contribution in [-0.4, -0.2) is 16.2 Å². The molecule has 0 amide bonds. The molecule has 0 radical (unpaired) electrons. The summed E-state index contributed by atoms with van der Waals surface area (Å²) in [5, 5.41) is 20.5. The highest BCUT2D eigenvalue weighted by atomic mass is 35.5. The molecule has 0 unspecified atom stereocenters. The van der Waals surface area contributed by atoms with Crippen LogP contribution >= 0.6 is 11.6 Å². The number of phenolic OH excluding ortho intramolecular Hbond substituents is 1. The molecule has 8 heteroatoms. The number of benzene rings is 2. The average Bonchev–Trinajstić information content (AvgIpc) is 2.42. The van der Waals surface area contributed by atoms with Gasteiger partial charge in [0.2, 0.25) is 5.75 Å². The fourth-order valence-corrected chi connectivity index (χ4v) is 1.77. The monoisotopic (exact) mass is 312 g/mol. The second-order valence-corrected chi connectivity index (χ2v) is 4.41. The number of hydrogen-bond acceptors (Lipinski definition) is 4. The SMILES string of the molecule is O=[N+]([O-])c1cc(Cl)cc(C=Nc2ccc(F)c(F)c2)c1O. The van der Waals surface area contributed by atoms with Crippen LogP contribution in [0.1, 0.15) is 5.56 Å². The second kappa shape index (κ2) is 5.84. The van der Waals surface area contributed by atoms with E-state index < -0.39 is 28.0 Å². The number of rotatable bonds is 3. The number of nitro benzene ring substituents is 1. The molecule has 0 bridgehead atoms. The zero-order valence-electron chi connectivity index (χ0n) is 10.3. The molecule has 2 aromatic rings. The Hall–Kier alpha value is -2.54. The van der Waals surface area contributed by atoms with Gasteiger partial charge >= 0.3 is 5.69 Å². The molecule has 0 aliphatic carbocycles. The number of hydrogen-bond donors (Lipinski definition) is 1. The van der Waals surface area contributed by atoms with Gasteiger partial charge in [-0.25, -0.2) is 8.78 Å². The van der Waals surface area contributed by atoms with Crippen LogP contribution in [0, 0.1) is 21.7 Å². The van der Waals surface area contributed by atoms with E-state index in [2.05, 4.69) is 4.99 Å². The minimum Gasteiger partial charge on any atom is -0.502 e. The average molecular weight is 313 g/mol. The molecule has 1 N–H and O–H groups in total. The number of aliphatic imine (C=N–C) groups is 1. The normalized spacial score (nSPS) is 11.0. The lowest BCUT2D eigenvalue weighted by molar-refractivity contribution is -0.385. The van der Waals surface area contributed by atoms with E-state index in [0.717, 1.165) is 24.4 Å². The van der Waals surface area contributed by atoms with E-state index in [9.17, 15) is 24.0 Å². The number of phenols is 1. The van der Waals surface area contributed by atoms with Crippen molar-refractivity contribution in [1.82, 2.24) is 0 Å². The molecule has 0 aromatic heterocycles. The Bertz CT molecular complexity index is 750. The van der Waals surface area contributed by atoms with Gasteiger partial charge in [-0.2, -0.15) is 0 Å². The molecule has 2 aromatic carbocycles. The Morgan fingerprint density at radius 3 is 2.57 bits per heavy atom. The summed E-state index contributed by atoms with van der Waals surface area (Å²) in [5.74, 6) is -2.71. The van der Waals surface area contributed by atoms with E-state index >= 15 is 0 Å². The molecule has 0 saturated carbocycles. The Labute approximate surface area is 122 Å². The molecule has 108 valence electrons. The van der Waals surface area contributed by atoms with Crippen LogP contribution in [0.5, 0.6) is 5.75 Å². The zero-order valence-corrected chi connectivity index (χ0v) is 11.0. The maximum absolute atomic E-state index is 13.0. The predicted molar refractivity (Wildman–Crippen MR) is 73.4 cm³/mol. The molecule has 0 saturated heterocycles. The minimum absolute atomic E-state index is 0.0149. The third-order valence-electron chi connectivity index (χ3n) is 2.54. The van der Waals surface area contributed by atoms with E-state index in [1.54, 1.807) is 0 Å². The topological polar surface area (TPSA) is 75.7 Å². The van der Waals surface area contributed by atoms with Crippen LogP contribution in [0.4, 0.5) is 20.2 Å². The molecule has 2 rings (SSSR count). The zero-order chi connectivity index (χ0) is 15.6. The lowest BCUT2D eigenvalue weighted by Gasteiger charge is -2.01. The summed E-state index contributed by atoms with van der Waals surface area (Å²) in [6, 6.07) is 5.20. The smallest absolute Gasteiger partial charge is 0.312 e. The molecule has 0 atom stereocenters. The van der Waals surface area contributed by atoms with Crippen molar-refractivity contribution in [3.63, 3.8) is 0 Å². The standard InChI is InChI=1S/C13H7ClF2N2O3/c14-8-3-7(13(19)12(4-8)18(20)21)6-17-9-1-2-10(15)11(16)5-9/h1-6,19H. The van der Waals surface area contributed by atoms with E-state index in [1.807, 2.05) is 0 Å². The van der Waals surface area contributed by atoms with E-state index in [-0.39, 0.29) is 16.3 Å². The first-order valence-corrected chi connectivity index (χ1v) is 5.92. The van der Waals surface area contributed by atoms with Crippen LogP contribution in [0.15, 0.2) is 35.3 Å². The van der Waals surface area contributed by atoms with Crippen molar-refractivity contribution in [2.45, 2.75) is 0 Å². The van der Waals surface area contributed by atoms with Gasteiger partial charge in [0, 0.05) is 28.9 Å². The van der Waals surface area contributed by atoms with Crippen molar-refractivity contribution in [3.8, 4) is 5.75 Å². The molecule has 0 aliphatic heterocycles. The van der Waals surface area contributed by atoms with Gasteiger partial charge in [0.15, 0.2) is 11.6 Å². The van der Waals surface area contributed by atoms with E-state index in [1.165, 1.54) is 12.1 Å². The largest absolute Gasteiger partial charge is 0.502 e. The van der Waals surface area contributed by atoms with Crippen molar-refractivity contribution < 1.29 is 18.8 Å². The van der Waals surface area contributed by atoms with Gasteiger partial charge < -0.3 is 5.11 Å². The maximum atomic E-state index is 13.0. The highest BCUT2D eigenvalue weighted by Crippen LogP contribution is 2.32. The van der Waals surface area contributed by atoms with Gasteiger partial charge in [-0.15, -0.1) is 0 Å². The van der Waals surface area contributed by atoms with Gasteiger partial charge in [-0.3, -0.25) is 15.1 Å². The minimum atomic E-state index is -1.08. The van der Waals surface area contributed by atoms with Crippen LogP contribution < -0.4 is 0 Å². The Morgan fingerprint density at radius 1 is 1.24 bits per heavy atom. The summed E-state index contributed by atoms with van der Waals surface area (Å²) in [7, 11) is 0. The Kier molecular flexibility index (Phi) is 4.13. The van der Waals surface area contributed by atoms with Crippen molar-refractivity contribution in [2.75, 3.05) is 0 Å². The predicted octanol–water partition coefficient (Wildman–Crippen LogP) is 3.98. The molecule has 0 spiro atoms. The van der Waals surface area contributed by atoms with Crippen LogP contribution in [0.2, 0.25) is 5.02 Å². The molecule has 21 heavy (non-hydrogen) atoms. The molecule has 0 fully saturated rings. The quantitative estimate of drug-likeness (QED) is 0.529. The van der Waals surface area contributed by atoms with Gasteiger partial charge in [0.25, 0.3) is 0 Å². The van der Waals surface area contributed by atoms with Crippen molar-refractivity contribution in [1.29, 1.82) is 0 Å². The third-order valence-corrected chi connectivity index (χ3v) is 2.75. The third kappa shape index (κ3) is 3.32. The van der Waals surface area contributed by atoms with Crippen LogP contribution in [0.25, 0.3) is 0 Å². The molecule has 5 nitrogen and oxygen atoms in total. The fraction of sp³-hybridized carbons (Fsp3) is 0. The molecule has 0 aliphatic rings. The summed E-state index contributed by atoms with van der Waals surface area (Å²) >= 11 is 5.71. The number of halogens is 3. The van der Waals surface area contributed by atoms with Gasteiger partial charge in [-0.1, -0.05) is 11.6 Å². The maximum Gasteiger partial charge on any atom is 0.312 e. The van der Waals surface area contributed by atoms with E-state index in [4.69, 9.17) is 11.6 Å². The van der Waals surface area contributed by atoms with Gasteiger partial charge in [0.1, 0.15) is 0 Å². The number of nitrogens with zero attached hydrogens (tertiary/aromatic N) is 2. The highest BCUT2D eigenvalue weighted by molar-refractivity contribution is 6.31. The van der Waals surface area contributed by atoms with Crippen molar-refractivity contribution in [3.05, 3.63) is 62.7 Å². The van der Waals surface area contributed by atoms with Crippen LogP contribution in [-0.2, 0) is 0 Å². The fourth-order valence-electron chi connectivity index (χ4n) is 1.55. The summed E-state index contributed by atoms with van der Waals surface area (Å²) in [6.45, 7) is 0. The molecular weight excluding hydrogens is 306 g/mol. The molecule has 0 heterocycles. The van der Waals surface area contributed by atoms with Gasteiger partial charge in [-0.05, 0) is 18.2 Å². The lowest BCUT2D eigenvalue weighted by atomic mass is 10.2. The first-order valence-electron chi connectivity index (χ1n) is 5.54. The van der Waals surface area contributed by atoms with Crippen molar-refractivity contribution >= 4 is 29.2 Å². The summed E-state index contributed by atoms with van der Waals surface area (Å²) in [6.07, 6.45) is 1.07.